The zero-order valence-electron chi connectivity index (χ0n) is 18.5. The van der Waals surface area contributed by atoms with Crippen molar-refractivity contribution in [3.05, 3.63) is 40.2 Å². The number of amides is 1. The van der Waals surface area contributed by atoms with Crippen LogP contribution in [0.15, 0.2) is 29.1 Å². The number of rotatable bonds is 5. The molecule has 4 rings (SSSR count). The summed E-state index contributed by atoms with van der Waals surface area (Å²) in [6.07, 6.45) is 4.00. The number of aromatic hydroxyl groups is 1. The van der Waals surface area contributed by atoms with Gasteiger partial charge in [0.25, 0.3) is 11.5 Å². The quantitative estimate of drug-likeness (QED) is 0.766. The van der Waals surface area contributed by atoms with Gasteiger partial charge >= 0.3 is 0 Å². The number of ether oxygens (including phenoxy) is 1. The smallest absolute Gasteiger partial charge is 0.265 e. The van der Waals surface area contributed by atoms with Gasteiger partial charge in [0, 0.05) is 50.3 Å². The van der Waals surface area contributed by atoms with Gasteiger partial charge < -0.3 is 24.6 Å². The summed E-state index contributed by atoms with van der Waals surface area (Å²) >= 11 is 0. The van der Waals surface area contributed by atoms with Crippen LogP contribution in [0.2, 0.25) is 0 Å². The Morgan fingerprint density at radius 3 is 2.55 bits per heavy atom. The largest absolute Gasteiger partial charge is 0.506 e. The Morgan fingerprint density at radius 1 is 1.19 bits per heavy atom. The van der Waals surface area contributed by atoms with Gasteiger partial charge in [0.2, 0.25) is 0 Å². The molecule has 7 heteroatoms. The van der Waals surface area contributed by atoms with E-state index in [1.54, 1.807) is 29.2 Å². The highest BCUT2D eigenvalue weighted by atomic mass is 16.5. The summed E-state index contributed by atoms with van der Waals surface area (Å²) in [6, 6.07) is 7.00. The molecule has 7 nitrogen and oxygen atoms in total. The van der Waals surface area contributed by atoms with Gasteiger partial charge in [0.15, 0.2) is 0 Å². The first kappa shape index (κ1) is 21.8. The fraction of sp³-hybridized carbons (Fsp3) is 0.583. The number of aromatic amines is 1. The number of nitrogens with zero attached hydrogens (tertiary/aromatic N) is 2. The minimum absolute atomic E-state index is 0.0590. The number of carbonyl (C=O) groups is 1. The molecule has 2 saturated heterocycles. The van der Waals surface area contributed by atoms with E-state index in [1.165, 1.54) is 0 Å². The minimum Gasteiger partial charge on any atom is -0.506 e. The molecule has 3 heterocycles. The Bertz CT molecular complexity index is 972. The third kappa shape index (κ3) is 4.62. The molecule has 0 atom stereocenters. The number of aromatic nitrogens is 1. The molecule has 2 aliphatic heterocycles. The molecule has 168 valence electrons. The standard InChI is InChI=1S/C24H33N3O4/c1-16(2)27(18-7-11-26(12-8-18)15-17-9-13-31-14-10-17)24(30)21-22(28)19-5-3-4-6-20(19)25-23(21)29/h3-6,16-18H,7-15H2,1-2H3,(H2,25,28,29). The maximum Gasteiger partial charge on any atom is 0.265 e. The highest BCUT2D eigenvalue weighted by Crippen LogP contribution is 2.28. The summed E-state index contributed by atoms with van der Waals surface area (Å²) in [4.78, 5) is 33.2. The van der Waals surface area contributed by atoms with Gasteiger partial charge in [0.1, 0.15) is 11.3 Å². The normalized spacial score (nSPS) is 19.2. The van der Waals surface area contributed by atoms with Gasteiger partial charge in [-0.25, -0.2) is 0 Å². The van der Waals surface area contributed by atoms with Crippen molar-refractivity contribution in [3.8, 4) is 5.75 Å². The Labute approximate surface area is 183 Å². The molecule has 2 fully saturated rings. The maximum absolute atomic E-state index is 13.5. The Balaban J connectivity index is 1.50. The van der Waals surface area contributed by atoms with Crippen molar-refractivity contribution >= 4 is 16.8 Å². The fourth-order valence-electron chi connectivity index (χ4n) is 5.05. The lowest BCUT2D eigenvalue weighted by molar-refractivity contribution is 0.0331. The lowest BCUT2D eigenvalue weighted by Crippen LogP contribution is -2.51. The first-order chi connectivity index (χ1) is 15.0. The third-order valence-electron chi connectivity index (χ3n) is 6.71. The molecular weight excluding hydrogens is 394 g/mol. The lowest BCUT2D eigenvalue weighted by atomic mass is 9.96. The molecule has 0 bridgehead atoms. The number of hydrogen-bond donors (Lipinski definition) is 2. The van der Waals surface area contributed by atoms with E-state index in [4.69, 9.17) is 4.74 Å². The van der Waals surface area contributed by atoms with Crippen LogP contribution < -0.4 is 5.56 Å². The second kappa shape index (κ2) is 9.40. The summed E-state index contributed by atoms with van der Waals surface area (Å²) in [7, 11) is 0. The van der Waals surface area contributed by atoms with Gasteiger partial charge in [-0.05, 0) is 57.6 Å². The zero-order valence-corrected chi connectivity index (χ0v) is 18.5. The van der Waals surface area contributed by atoms with Crippen LogP contribution in [0.5, 0.6) is 5.75 Å². The number of likely N-dealkylation sites (tertiary alicyclic amines) is 1. The van der Waals surface area contributed by atoms with Crippen molar-refractivity contribution < 1.29 is 14.6 Å². The average molecular weight is 428 g/mol. The van der Waals surface area contributed by atoms with Crippen LogP contribution >= 0.6 is 0 Å². The highest BCUT2D eigenvalue weighted by molar-refractivity contribution is 6.02. The van der Waals surface area contributed by atoms with E-state index in [0.29, 0.717) is 16.8 Å². The van der Waals surface area contributed by atoms with Crippen LogP contribution in [0.3, 0.4) is 0 Å². The third-order valence-corrected chi connectivity index (χ3v) is 6.71. The number of para-hydroxylation sites is 1. The van der Waals surface area contributed by atoms with E-state index < -0.39 is 5.56 Å². The Morgan fingerprint density at radius 2 is 1.87 bits per heavy atom. The molecule has 0 radical (unpaired) electrons. The number of piperidine rings is 1. The molecule has 1 aromatic carbocycles. The number of hydrogen-bond acceptors (Lipinski definition) is 5. The molecule has 0 unspecified atom stereocenters. The van der Waals surface area contributed by atoms with Gasteiger partial charge in [-0.3, -0.25) is 9.59 Å². The monoisotopic (exact) mass is 427 g/mol. The molecule has 2 aliphatic rings. The topological polar surface area (TPSA) is 85.9 Å². The molecule has 31 heavy (non-hydrogen) atoms. The molecular formula is C24H33N3O4. The lowest BCUT2D eigenvalue weighted by Gasteiger charge is -2.41. The van der Waals surface area contributed by atoms with Crippen molar-refractivity contribution in [1.82, 2.24) is 14.8 Å². The highest BCUT2D eigenvalue weighted by Gasteiger charge is 2.34. The number of fused-ring (bicyclic) bond motifs is 1. The molecule has 2 N–H and O–H groups in total. The summed E-state index contributed by atoms with van der Waals surface area (Å²) in [6.45, 7) is 8.65. The van der Waals surface area contributed by atoms with Crippen LogP contribution in [0.1, 0.15) is 49.9 Å². The first-order valence-corrected chi connectivity index (χ1v) is 11.4. The van der Waals surface area contributed by atoms with Gasteiger partial charge in [-0.2, -0.15) is 0 Å². The van der Waals surface area contributed by atoms with Crippen molar-refractivity contribution in [3.63, 3.8) is 0 Å². The Hall–Kier alpha value is -2.38. The van der Waals surface area contributed by atoms with Crippen molar-refractivity contribution in [2.45, 2.75) is 51.6 Å². The van der Waals surface area contributed by atoms with Gasteiger partial charge in [0.05, 0.1) is 5.52 Å². The SMILES string of the molecule is CC(C)N(C(=O)c1c(O)c2ccccc2[nH]c1=O)C1CCN(CC2CCOCC2)CC1. The summed E-state index contributed by atoms with van der Waals surface area (Å²) in [5.74, 6) is 0.0792. The number of pyridine rings is 1. The molecule has 0 aliphatic carbocycles. The van der Waals surface area contributed by atoms with Crippen LogP contribution in [0, 0.1) is 5.92 Å². The molecule has 0 spiro atoms. The number of H-pyrrole nitrogens is 1. The summed E-state index contributed by atoms with van der Waals surface area (Å²) in [5.41, 5.74) is -0.167. The summed E-state index contributed by atoms with van der Waals surface area (Å²) < 4.78 is 5.47. The second-order valence-corrected chi connectivity index (χ2v) is 9.12. The first-order valence-electron chi connectivity index (χ1n) is 11.4. The van der Waals surface area contributed by atoms with Crippen LogP contribution in [-0.2, 0) is 4.74 Å². The minimum atomic E-state index is -0.538. The van der Waals surface area contributed by atoms with E-state index in [2.05, 4.69) is 9.88 Å². The molecule has 1 aromatic heterocycles. The van der Waals surface area contributed by atoms with Crippen LogP contribution in [0.25, 0.3) is 10.9 Å². The molecule has 2 aromatic rings. The second-order valence-electron chi connectivity index (χ2n) is 9.12. The van der Waals surface area contributed by atoms with E-state index in [1.807, 2.05) is 13.8 Å². The fourth-order valence-corrected chi connectivity index (χ4v) is 5.05. The van der Waals surface area contributed by atoms with E-state index in [0.717, 1.165) is 58.5 Å². The number of carbonyl (C=O) groups excluding carboxylic acids is 1. The van der Waals surface area contributed by atoms with Crippen molar-refractivity contribution in [2.75, 3.05) is 32.8 Å². The predicted molar refractivity (Wildman–Crippen MR) is 121 cm³/mol. The Kier molecular flexibility index (Phi) is 6.62. The summed E-state index contributed by atoms with van der Waals surface area (Å²) in [5, 5.41) is 11.3. The molecule has 1 amide bonds. The van der Waals surface area contributed by atoms with E-state index in [-0.39, 0.29) is 29.3 Å². The zero-order chi connectivity index (χ0) is 22.0. The van der Waals surface area contributed by atoms with Crippen LogP contribution in [-0.4, -0.2) is 70.7 Å². The number of benzene rings is 1. The van der Waals surface area contributed by atoms with E-state index >= 15 is 0 Å². The molecule has 0 saturated carbocycles. The van der Waals surface area contributed by atoms with Crippen LogP contribution in [0.4, 0.5) is 0 Å². The predicted octanol–water partition coefficient (Wildman–Crippen LogP) is 2.98. The van der Waals surface area contributed by atoms with Gasteiger partial charge in [-0.1, -0.05) is 12.1 Å². The van der Waals surface area contributed by atoms with Crippen molar-refractivity contribution in [2.24, 2.45) is 5.92 Å². The maximum atomic E-state index is 13.5. The average Bonchev–Trinajstić information content (AvgIpc) is 2.75. The number of nitrogens with one attached hydrogen (secondary N) is 1. The van der Waals surface area contributed by atoms with E-state index in [9.17, 15) is 14.7 Å². The van der Waals surface area contributed by atoms with Gasteiger partial charge in [-0.15, -0.1) is 0 Å². The van der Waals surface area contributed by atoms with Crippen molar-refractivity contribution in [1.29, 1.82) is 0 Å².